The van der Waals surface area contributed by atoms with Crippen molar-refractivity contribution in [3.8, 4) is 29.0 Å². The van der Waals surface area contributed by atoms with Crippen LogP contribution in [0.4, 0.5) is 20.4 Å². The van der Waals surface area contributed by atoms with Gasteiger partial charge in [0, 0.05) is 42.7 Å². The zero-order valence-corrected chi connectivity index (χ0v) is 20.1. The highest BCUT2D eigenvalue weighted by molar-refractivity contribution is 5.80. The molecule has 1 aliphatic rings. The second-order valence-electron chi connectivity index (χ2n) is 8.39. The number of likely N-dealkylation sites (tertiary alicyclic amines) is 1. The highest BCUT2D eigenvalue weighted by Crippen LogP contribution is 2.34. The maximum absolute atomic E-state index is 14.8. The van der Waals surface area contributed by atoms with Crippen LogP contribution in [0, 0.1) is 11.3 Å². The molecule has 3 aromatic rings. The van der Waals surface area contributed by atoms with E-state index in [0.29, 0.717) is 28.8 Å². The van der Waals surface area contributed by atoms with Gasteiger partial charge in [-0.2, -0.15) is 5.26 Å². The monoisotopic (exact) mass is 510 g/mol. The number of nitriles is 1. The van der Waals surface area contributed by atoms with Gasteiger partial charge in [0.15, 0.2) is 6.10 Å². The molecule has 2 aromatic heterocycles. The molecule has 1 aliphatic heterocycles. The summed E-state index contributed by atoms with van der Waals surface area (Å²) >= 11 is 0. The molecule has 2 N–H and O–H groups in total. The number of hydrogen-bond donors (Lipinski definition) is 2. The van der Waals surface area contributed by atoms with Gasteiger partial charge >= 0.3 is 5.92 Å². The van der Waals surface area contributed by atoms with Crippen LogP contribution in [0.25, 0.3) is 11.3 Å². The van der Waals surface area contributed by atoms with Crippen molar-refractivity contribution in [1.29, 1.82) is 5.26 Å². The maximum Gasteiger partial charge on any atom is 0.301 e. The number of pyridine rings is 1. The SMILES string of the molecule is COc1cc(Nc2nccc(-c3ccc(OC4CCN(C(=O)[C@@H](C)O)CC4(F)F)c(C#N)c3)n2)ccn1. The van der Waals surface area contributed by atoms with E-state index in [1.165, 1.54) is 26.2 Å². The third kappa shape index (κ3) is 5.90. The number of aliphatic hydroxyl groups excluding tert-OH is 1. The van der Waals surface area contributed by atoms with Crippen LogP contribution in [0.5, 0.6) is 11.6 Å². The molecule has 0 radical (unpaired) electrons. The van der Waals surface area contributed by atoms with Crippen molar-refractivity contribution >= 4 is 17.5 Å². The Morgan fingerprint density at radius 1 is 1.27 bits per heavy atom. The average molecular weight is 511 g/mol. The van der Waals surface area contributed by atoms with Crippen LogP contribution in [-0.4, -0.2) is 69.2 Å². The Hall–Kier alpha value is -4.37. The molecule has 4 rings (SSSR count). The molecule has 0 saturated carbocycles. The molecular formula is C25H24F2N6O4. The summed E-state index contributed by atoms with van der Waals surface area (Å²) in [6.45, 7) is 0.363. The minimum atomic E-state index is -3.36. The number of methoxy groups -OCH3 is 1. The Bertz CT molecular complexity index is 1330. The van der Waals surface area contributed by atoms with Crippen molar-refractivity contribution in [3.63, 3.8) is 0 Å². The van der Waals surface area contributed by atoms with E-state index in [1.807, 2.05) is 6.07 Å². The highest BCUT2D eigenvalue weighted by atomic mass is 19.3. The number of nitrogens with one attached hydrogen (secondary N) is 1. The first kappa shape index (κ1) is 25.7. The zero-order chi connectivity index (χ0) is 26.6. The van der Waals surface area contributed by atoms with Crippen LogP contribution in [0.1, 0.15) is 18.9 Å². The van der Waals surface area contributed by atoms with Crippen molar-refractivity contribution in [1.82, 2.24) is 19.9 Å². The van der Waals surface area contributed by atoms with Crippen molar-refractivity contribution in [2.24, 2.45) is 0 Å². The quantitative estimate of drug-likeness (QED) is 0.492. The van der Waals surface area contributed by atoms with E-state index in [0.717, 1.165) is 4.90 Å². The normalized spacial score (nSPS) is 17.4. The van der Waals surface area contributed by atoms with Gasteiger partial charge < -0.3 is 24.8 Å². The van der Waals surface area contributed by atoms with E-state index in [-0.39, 0.29) is 24.3 Å². The number of anilines is 2. The van der Waals surface area contributed by atoms with E-state index in [2.05, 4.69) is 20.3 Å². The summed E-state index contributed by atoms with van der Waals surface area (Å²) in [6, 6.07) is 11.6. The summed E-state index contributed by atoms with van der Waals surface area (Å²) < 4.78 is 40.2. The van der Waals surface area contributed by atoms with E-state index in [1.54, 1.807) is 36.7 Å². The molecule has 12 heteroatoms. The van der Waals surface area contributed by atoms with Gasteiger partial charge in [0.25, 0.3) is 5.91 Å². The van der Waals surface area contributed by atoms with E-state index < -0.39 is 30.6 Å². The van der Waals surface area contributed by atoms with E-state index in [9.17, 15) is 23.9 Å². The van der Waals surface area contributed by atoms with Gasteiger partial charge in [-0.1, -0.05) is 0 Å². The number of ether oxygens (including phenoxy) is 2. The molecule has 192 valence electrons. The number of aliphatic hydroxyl groups is 1. The Morgan fingerprint density at radius 2 is 2.05 bits per heavy atom. The first-order chi connectivity index (χ1) is 17.7. The summed E-state index contributed by atoms with van der Waals surface area (Å²) in [6.07, 6.45) is 0.0643. The number of aromatic nitrogens is 3. The average Bonchev–Trinajstić information content (AvgIpc) is 2.89. The van der Waals surface area contributed by atoms with Gasteiger partial charge in [0.05, 0.1) is 24.9 Å². The molecule has 3 heterocycles. The fraction of sp³-hybridized carbons (Fsp3) is 0.320. The predicted molar refractivity (Wildman–Crippen MR) is 128 cm³/mol. The number of carbonyl (C=O) groups excluding carboxylic acids is 1. The lowest BCUT2D eigenvalue weighted by atomic mass is 10.0. The minimum Gasteiger partial charge on any atom is -0.483 e. The molecular weight excluding hydrogens is 486 g/mol. The smallest absolute Gasteiger partial charge is 0.301 e. The number of halogens is 2. The Balaban J connectivity index is 1.51. The number of amides is 1. The van der Waals surface area contributed by atoms with Crippen molar-refractivity contribution < 1.29 is 28.2 Å². The predicted octanol–water partition coefficient (Wildman–Crippen LogP) is 3.16. The first-order valence-corrected chi connectivity index (χ1v) is 11.4. The number of carbonyl (C=O) groups is 1. The van der Waals surface area contributed by atoms with Gasteiger partial charge in [-0.25, -0.2) is 23.7 Å². The van der Waals surface area contributed by atoms with Crippen LogP contribution >= 0.6 is 0 Å². The lowest BCUT2D eigenvalue weighted by Crippen LogP contribution is -2.56. The fourth-order valence-electron chi connectivity index (χ4n) is 3.86. The van der Waals surface area contributed by atoms with Gasteiger partial charge in [-0.15, -0.1) is 0 Å². The third-order valence-corrected chi connectivity index (χ3v) is 5.72. The van der Waals surface area contributed by atoms with Crippen LogP contribution in [0.3, 0.4) is 0 Å². The molecule has 0 aliphatic carbocycles. The molecule has 2 atom stereocenters. The van der Waals surface area contributed by atoms with Crippen molar-refractivity contribution in [2.45, 2.75) is 31.5 Å². The largest absolute Gasteiger partial charge is 0.483 e. The van der Waals surface area contributed by atoms with Gasteiger partial charge in [-0.3, -0.25) is 4.79 Å². The van der Waals surface area contributed by atoms with E-state index >= 15 is 0 Å². The van der Waals surface area contributed by atoms with Crippen LogP contribution < -0.4 is 14.8 Å². The maximum atomic E-state index is 14.8. The van der Waals surface area contributed by atoms with Crippen LogP contribution in [0.15, 0.2) is 48.8 Å². The van der Waals surface area contributed by atoms with Crippen LogP contribution in [-0.2, 0) is 4.79 Å². The number of hydrogen-bond acceptors (Lipinski definition) is 9. The molecule has 1 fully saturated rings. The number of piperidine rings is 1. The Kier molecular flexibility index (Phi) is 7.45. The number of rotatable bonds is 7. The molecule has 1 saturated heterocycles. The summed E-state index contributed by atoms with van der Waals surface area (Å²) in [5.74, 6) is -3.41. The van der Waals surface area contributed by atoms with Gasteiger partial charge in [0.2, 0.25) is 11.8 Å². The van der Waals surface area contributed by atoms with Gasteiger partial charge in [-0.05, 0) is 37.3 Å². The highest BCUT2D eigenvalue weighted by Gasteiger charge is 2.48. The summed E-state index contributed by atoms with van der Waals surface area (Å²) in [5.41, 5.74) is 1.78. The Labute approximate surface area is 211 Å². The zero-order valence-electron chi connectivity index (χ0n) is 20.1. The lowest BCUT2D eigenvalue weighted by Gasteiger charge is -2.38. The van der Waals surface area contributed by atoms with Gasteiger partial charge in [0.1, 0.15) is 17.9 Å². The second-order valence-corrected chi connectivity index (χ2v) is 8.39. The third-order valence-electron chi connectivity index (χ3n) is 5.72. The standard InChI is InChI=1S/C25H24F2N6O4/c1-15(34)23(35)33-10-7-21(25(26,27)14-33)37-20-4-3-16(11-17(20)13-28)19-6-9-30-24(32-19)31-18-5-8-29-22(12-18)36-2/h3-6,8-9,11-12,15,21,34H,7,10,14H2,1-2H3,(H,29,30,31,32)/t15-,21?/m1/s1. The first-order valence-electron chi connectivity index (χ1n) is 11.4. The molecule has 0 spiro atoms. The Morgan fingerprint density at radius 3 is 2.76 bits per heavy atom. The molecule has 37 heavy (non-hydrogen) atoms. The summed E-state index contributed by atoms with van der Waals surface area (Å²) in [7, 11) is 1.51. The number of benzene rings is 1. The summed E-state index contributed by atoms with van der Waals surface area (Å²) in [5, 5.41) is 22.1. The minimum absolute atomic E-state index is 0.00233. The fourth-order valence-corrected chi connectivity index (χ4v) is 3.86. The second kappa shape index (κ2) is 10.7. The van der Waals surface area contributed by atoms with E-state index in [4.69, 9.17) is 9.47 Å². The number of alkyl halides is 2. The van der Waals surface area contributed by atoms with Crippen molar-refractivity contribution in [2.75, 3.05) is 25.5 Å². The molecule has 1 unspecified atom stereocenters. The molecule has 1 aromatic carbocycles. The molecule has 0 bridgehead atoms. The summed E-state index contributed by atoms with van der Waals surface area (Å²) in [4.78, 5) is 25.5. The molecule has 10 nitrogen and oxygen atoms in total. The number of nitrogens with zero attached hydrogens (tertiary/aromatic N) is 5. The lowest BCUT2D eigenvalue weighted by molar-refractivity contribution is -0.165. The molecule has 1 amide bonds. The van der Waals surface area contributed by atoms with Crippen molar-refractivity contribution in [3.05, 3.63) is 54.4 Å². The topological polar surface area (TPSA) is 133 Å². The van der Waals surface area contributed by atoms with Crippen LogP contribution in [0.2, 0.25) is 0 Å².